The second-order valence-corrected chi connectivity index (χ2v) is 5.42. The first-order chi connectivity index (χ1) is 9.49. The molecule has 1 aromatic carbocycles. The van der Waals surface area contributed by atoms with Crippen LogP contribution in [0, 0.1) is 17.7 Å². The molecule has 108 valence electrons. The zero-order valence-electron chi connectivity index (χ0n) is 11.1. The van der Waals surface area contributed by atoms with Crippen LogP contribution >= 0.6 is 11.6 Å². The summed E-state index contributed by atoms with van der Waals surface area (Å²) >= 11 is 5.62. The zero-order chi connectivity index (χ0) is 14.7. The van der Waals surface area contributed by atoms with Crippen LogP contribution in [0.1, 0.15) is 19.8 Å². The van der Waals surface area contributed by atoms with Gasteiger partial charge in [0.1, 0.15) is 0 Å². The van der Waals surface area contributed by atoms with Crippen molar-refractivity contribution in [2.75, 3.05) is 11.9 Å². The molecule has 0 bridgehead atoms. The van der Waals surface area contributed by atoms with Gasteiger partial charge in [-0.2, -0.15) is 0 Å². The van der Waals surface area contributed by atoms with Gasteiger partial charge in [0, 0.05) is 18.9 Å². The van der Waals surface area contributed by atoms with Crippen LogP contribution in [0.5, 0.6) is 0 Å². The average molecular weight is 299 g/mol. The van der Waals surface area contributed by atoms with Crippen molar-refractivity contribution in [3.63, 3.8) is 0 Å². The van der Waals surface area contributed by atoms with Crippen LogP contribution in [-0.2, 0) is 9.59 Å². The summed E-state index contributed by atoms with van der Waals surface area (Å²) in [6, 6.07) is 4.39. The third-order valence-corrected chi connectivity index (χ3v) is 3.62. The van der Waals surface area contributed by atoms with Crippen LogP contribution in [0.3, 0.4) is 0 Å². The Morgan fingerprint density at radius 2 is 2.15 bits per heavy atom. The predicted molar refractivity (Wildman–Crippen MR) is 74.9 cm³/mol. The maximum absolute atomic E-state index is 13.6. The van der Waals surface area contributed by atoms with Crippen molar-refractivity contribution >= 4 is 29.1 Å². The Bertz CT molecular complexity index is 536. The van der Waals surface area contributed by atoms with Crippen molar-refractivity contribution in [1.29, 1.82) is 0 Å². The highest BCUT2D eigenvalue weighted by molar-refractivity contribution is 6.31. The first kappa shape index (κ1) is 14.8. The highest BCUT2D eigenvalue weighted by atomic mass is 35.5. The molecular weight excluding hydrogens is 283 g/mol. The lowest BCUT2D eigenvalue weighted by Crippen LogP contribution is -2.29. The van der Waals surface area contributed by atoms with Gasteiger partial charge in [0.2, 0.25) is 11.8 Å². The molecule has 2 N–H and O–H groups in total. The Morgan fingerprint density at radius 1 is 1.45 bits per heavy atom. The minimum atomic E-state index is -0.654. The number of carbonyl (C=O) groups excluding carboxylic acids is 2. The van der Waals surface area contributed by atoms with Crippen LogP contribution < -0.4 is 10.6 Å². The fraction of sp³-hybridized carbons (Fsp3) is 0.429. The third-order valence-electron chi connectivity index (χ3n) is 3.32. The molecule has 2 unspecified atom stereocenters. The molecule has 1 saturated carbocycles. The summed E-state index contributed by atoms with van der Waals surface area (Å²) in [5.41, 5.74) is 0.0460. The van der Waals surface area contributed by atoms with Crippen molar-refractivity contribution < 1.29 is 14.0 Å². The van der Waals surface area contributed by atoms with E-state index < -0.39 is 5.82 Å². The molecule has 20 heavy (non-hydrogen) atoms. The summed E-state index contributed by atoms with van der Waals surface area (Å²) in [5, 5.41) is 5.08. The molecule has 6 heteroatoms. The lowest BCUT2D eigenvalue weighted by Gasteiger charge is -2.08. The summed E-state index contributed by atoms with van der Waals surface area (Å²) in [4.78, 5) is 23.2. The maximum Gasteiger partial charge on any atom is 0.226 e. The Labute approximate surface area is 121 Å². The van der Waals surface area contributed by atoms with Crippen molar-refractivity contribution in [1.82, 2.24) is 5.32 Å². The number of anilines is 1. The summed E-state index contributed by atoms with van der Waals surface area (Å²) in [6.07, 6.45) is 1.00. The number of benzene rings is 1. The molecule has 1 aliphatic rings. The second kappa shape index (κ2) is 6.22. The van der Waals surface area contributed by atoms with Gasteiger partial charge in [-0.1, -0.05) is 24.6 Å². The molecule has 0 heterocycles. The van der Waals surface area contributed by atoms with Gasteiger partial charge in [-0.15, -0.1) is 0 Å². The minimum absolute atomic E-state index is 0.0146. The van der Waals surface area contributed by atoms with Crippen molar-refractivity contribution in [3.05, 3.63) is 29.0 Å². The first-order valence-electron chi connectivity index (χ1n) is 6.50. The van der Waals surface area contributed by atoms with E-state index in [9.17, 15) is 14.0 Å². The third kappa shape index (κ3) is 3.70. The molecule has 4 nitrogen and oxygen atoms in total. The first-order valence-corrected chi connectivity index (χ1v) is 6.88. The molecule has 2 atom stereocenters. The minimum Gasteiger partial charge on any atom is -0.355 e. The maximum atomic E-state index is 13.6. The smallest absolute Gasteiger partial charge is 0.226 e. The Hall–Kier alpha value is -1.62. The Balaban J connectivity index is 1.75. The summed E-state index contributed by atoms with van der Waals surface area (Å²) in [6.45, 7) is 2.26. The highest BCUT2D eigenvalue weighted by Gasteiger charge is 2.38. The van der Waals surface area contributed by atoms with Gasteiger partial charge < -0.3 is 10.6 Å². The Morgan fingerprint density at radius 3 is 2.80 bits per heavy atom. The van der Waals surface area contributed by atoms with Gasteiger partial charge in [0.25, 0.3) is 0 Å². The van der Waals surface area contributed by atoms with E-state index in [0.717, 1.165) is 6.42 Å². The van der Waals surface area contributed by atoms with Gasteiger partial charge >= 0.3 is 0 Å². The van der Waals surface area contributed by atoms with Gasteiger partial charge in [-0.05, 0) is 24.5 Å². The Kier molecular flexibility index (Phi) is 4.60. The van der Waals surface area contributed by atoms with E-state index in [1.807, 2.05) is 6.92 Å². The van der Waals surface area contributed by atoms with Crippen LogP contribution in [0.25, 0.3) is 0 Å². The van der Waals surface area contributed by atoms with E-state index in [2.05, 4.69) is 10.6 Å². The topological polar surface area (TPSA) is 58.2 Å². The van der Waals surface area contributed by atoms with Crippen molar-refractivity contribution in [3.8, 4) is 0 Å². The molecule has 0 radical (unpaired) electrons. The number of rotatable bonds is 5. The molecule has 0 aliphatic heterocycles. The zero-order valence-corrected chi connectivity index (χ0v) is 11.8. The van der Waals surface area contributed by atoms with Gasteiger partial charge in [0.05, 0.1) is 10.7 Å². The summed E-state index contributed by atoms with van der Waals surface area (Å²) in [5.74, 6) is -0.513. The molecule has 1 aliphatic carbocycles. The van der Waals surface area contributed by atoms with Crippen molar-refractivity contribution in [2.24, 2.45) is 11.8 Å². The van der Waals surface area contributed by atoms with Crippen LogP contribution in [0.15, 0.2) is 18.2 Å². The molecule has 2 amide bonds. The largest absolute Gasteiger partial charge is 0.355 e. The van der Waals surface area contributed by atoms with E-state index >= 15 is 0 Å². The van der Waals surface area contributed by atoms with E-state index in [4.69, 9.17) is 11.6 Å². The van der Waals surface area contributed by atoms with Gasteiger partial charge in [-0.25, -0.2) is 4.39 Å². The van der Waals surface area contributed by atoms with Crippen LogP contribution in [0.4, 0.5) is 10.1 Å². The molecular formula is C14H16ClFN2O2. The SMILES string of the molecule is CC1CC1C(=O)NCCC(=O)Nc1cccc(Cl)c1F. The molecule has 2 rings (SSSR count). The van der Waals surface area contributed by atoms with E-state index in [-0.39, 0.29) is 41.4 Å². The van der Waals surface area contributed by atoms with Crippen molar-refractivity contribution in [2.45, 2.75) is 19.8 Å². The predicted octanol–water partition coefficient (Wildman–Crippen LogP) is 2.58. The number of hydrogen-bond donors (Lipinski definition) is 2. The van der Waals surface area contributed by atoms with Crippen LogP contribution in [0.2, 0.25) is 5.02 Å². The normalized spacial score (nSPS) is 20.4. The molecule has 0 saturated heterocycles. The molecule has 1 fully saturated rings. The number of nitrogens with one attached hydrogen (secondary N) is 2. The van der Waals surface area contributed by atoms with Gasteiger partial charge in [-0.3, -0.25) is 9.59 Å². The number of halogens is 2. The summed E-state index contributed by atoms with van der Waals surface area (Å²) < 4.78 is 13.6. The summed E-state index contributed by atoms with van der Waals surface area (Å²) in [7, 11) is 0. The fourth-order valence-corrected chi connectivity index (χ4v) is 2.11. The second-order valence-electron chi connectivity index (χ2n) is 5.01. The molecule has 0 aromatic heterocycles. The van der Waals surface area contributed by atoms with E-state index in [1.165, 1.54) is 12.1 Å². The lowest BCUT2D eigenvalue weighted by atomic mass is 10.3. The van der Waals surface area contributed by atoms with Crippen LogP contribution in [-0.4, -0.2) is 18.4 Å². The number of hydrogen-bond acceptors (Lipinski definition) is 2. The van der Waals surface area contributed by atoms with E-state index in [0.29, 0.717) is 5.92 Å². The molecule has 1 aromatic rings. The monoisotopic (exact) mass is 298 g/mol. The lowest BCUT2D eigenvalue weighted by molar-refractivity contribution is -0.122. The van der Waals surface area contributed by atoms with E-state index in [1.54, 1.807) is 6.07 Å². The van der Waals surface area contributed by atoms with Gasteiger partial charge in [0.15, 0.2) is 5.82 Å². The standard InChI is InChI=1S/C14H16ClFN2O2/c1-8-7-9(8)14(20)17-6-5-12(19)18-11-4-2-3-10(15)13(11)16/h2-4,8-9H,5-7H2,1H3,(H,17,20)(H,18,19). The number of amides is 2. The number of carbonyl (C=O) groups is 2. The highest BCUT2D eigenvalue weighted by Crippen LogP contribution is 2.37. The average Bonchev–Trinajstić information content (AvgIpc) is 3.12. The quantitative estimate of drug-likeness (QED) is 0.878. The molecule has 0 spiro atoms. The fourth-order valence-electron chi connectivity index (χ4n) is 1.93.